The minimum Gasteiger partial charge on any atom is -0.489 e. The summed E-state index contributed by atoms with van der Waals surface area (Å²) in [5, 5.41) is 9.34. The van der Waals surface area contributed by atoms with Crippen molar-refractivity contribution in [2.45, 2.75) is 45.1 Å². The van der Waals surface area contributed by atoms with E-state index in [-0.39, 0.29) is 6.10 Å². The number of nitrogens with zero attached hydrogens (tertiary/aromatic N) is 1. The summed E-state index contributed by atoms with van der Waals surface area (Å²) in [5.41, 5.74) is 0.572. The fourth-order valence-electron chi connectivity index (χ4n) is 2.62. The molecule has 2 unspecified atom stereocenters. The van der Waals surface area contributed by atoms with E-state index in [1.54, 1.807) is 12.1 Å². The van der Waals surface area contributed by atoms with Gasteiger partial charge in [0.15, 0.2) is 0 Å². The predicted molar refractivity (Wildman–Crippen MR) is 72.8 cm³/mol. The van der Waals surface area contributed by atoms with Gasteiger partial charge in [-0.25, -0.2) is 0 Å². The summed E-state index contributed by atoms with van der Waals surface area (Å²) >= 11 is 6.14. The Labute approximate surface area is 114 Å². The van der Waals surface area contributed by atoms with Crippen molar-refractivity contribution in [2.75, 3.05) is 0 Å². The SMILES string of the molecule is CCC1CCCCC1Oc1ccc(C#N)cc1Cl. The van der Waals surface area contributed by atoms with Crippen molar-refractivity contribution >= 4 is 11.6 Å². The van der Waals surface area contributed by atoms with Crippen LogP contribution in [0.5, 0.6) is 5.75 Å². The molecule has 1 fully saturated rings. The second kappa shape index (κ2) is 6.11. The van der Waals surface area contributed by atoms with Gasteiger partial charge in [-0.1, -0.05) is 24.9 Å². The molecule has 0 radical (unpaired) electrons. The Hall–Kier alpha value is -1.20. The van der Waals surface area contributed by atoms with Gasteiger partial charge in [-0.2, -0.15) is 5.26 Å². The van der Waals surface area contributed by atoms with E-state index in [1.165, 1.54) is 19.3 Å². The Balaban J connectivity index is 2.10. The minimum absolute atomic E-state index is 0.272. The van der Waals surface area contributed by atoms with Gasteiger partial charge in [0.25, 0.3) is 0 Å². The summed E-state index contributed by atoms with van der Waals surface area (Å²) in [6.45, 7) is 2.22. The van der Waals surface area contributed by atoms with Crippen molar-refractivity contribution in [2.24, 2.45) is 5.92 Å². The van der Waals surface area contributed by atoms with Crippen molar-refractivity contribution in [1.29, 1.82) is 5.26 Å². The molecule has 1 saturated carbocycles. The summed E-state index contributed by atoms with van der Waals surface area (Å²) in [5.74, 6) is 1.34. The van der Waals surface area contributed by atoms with Crippen LogP contribution in [-0.2, 0) is 0 Å². The number of benzene rings is 1. The minimum atomic E-state index is 0.272. The zero-order valence-electron chi connectivity index (χ0n) is 10.7. The summed E-state index contributed by atoms with van der Waals surface area (Å²) in [6, 6.07) is 7.31. The van der Waals surface area contributed by atoms with Crippen LogP contribution in [0.2, 0.25) is 5.02 Å². The maximum absolute atomic E-state index is 8.81. The molecule has 2 rings (SSSR count). The number of ether oxygens (including phenoxy) is 1. The molecule has 1 aliphatic carbocycles. The average Bonchev–Trinajstić information content (AvgIpc) is 2.41. The quantitative estimate of drug-likeness (QED) is 0.801. The molecule has 0 bridgehead atoms. The molecule has 3 heteroatoms. The number of halogens is 1. The van der Waals surface area contributed by atoms with Crippen LogP contribution in [0.15, 0.2) is 18.2 Å². The Morgan fingerprint density at radius 3 is 2.83 bits per heavy atom. The lowest BCUT2D eigenvalue weighted by molar-refractivity contribution is 0.0905. The summed E-state index contributed by atoms with van der Waals surface area (Å²) in [6.07, 6.45) is 6.31. The van der Waals surface area contributed by atoms with E-state index < -0.39 is 0 Å². The molecule has 1 aromatic rings. The first kappa shape index (κ1) is 13.2. The van der Waals surface area contributed by atoms with E-state index in [0.29, 0.717) is 22.3 Å². The van der Waals surface area contributed by atoms with E-state index in [2.05, 4.69) is 13.0 Å². The lowest BCUT2D eigenvalue weighted by atomic mass is 9.85. The van der Waals surface area contributed by atoms with Crippen LogP contribution < -0.4 is 4.74 Å². The molecular formula is C15H18ClNO. The highest BCUT2D eigenvalue weighted by Crippen LogP contribution is 2.33. The van der Waals surface area contributed by atoms with E-state index in [4.69, 9.17) is 21.6 Å². The fourth-order valence-corrected chi connectivity index (χ4v) is 2.85. The average molecular weight is 264 g/mol. The first-order valence-corrected chi connectivity index (χ1v) is 6.98. The van der Waals surface area contributed by atoms with E-state index >= 15 is 0 Å². The molecule has 0 amide bonds. The van der Waals surface area contributed by atoms with Gasteiger partial charge in [0.2, 0.25) is 0 Å². The van der Waals surface area contributed by atoms with Crippen LogP contribution in [0.25, 0.3) is 0 Å². The predicted octanol–water partition coefficient (Wildman–Crippen LogP) is 4.56. The van der Waals surface area contributed by atoms with Gasteiger partial charge >= 0.3 is 0 Å². The first-order chi connectivity index (χ1) is 8.74. The van der Waals surface area contributed by atoms with Crippen LogP contribution in [0.3, 0.4) is 0 Å². The Kier molecular flexibility index (Phi) is 4.49. The van der Waals surface area contributed by atoms with E-state index in [0.717, 1.165) is 12.8 Å². The second-order valence-electron chi connectivity index (χ2n) is 4.87. The summed E-state index contributed by atoms with van der Waals surface area (Å²) < 4.78 is 6.05. The van der Waals surface area contributed by atoms with Gasteiger partial charge in [0.05, 0.1) is 16.7 Å². The van der Waals surface area contributed by atoms with Crippen LogP contribution in [0.4, 0.5) is 0 Å². The first-order valence-electron chi connectivity index (χ1n) is 6.61. The van der Waals surface area contributed by atoms with Gasteiger partial charge in [-0.3, -0.25) is 0 Å². The number of hydrogen-bond donors (Lipinski definition) is 0. The second-order valence-corrected chi connectivity index (χ2v) is 5.27. The summed E-state index contributed by atoms with van der Waals surface area (Å²) in [4.78, 5) is 0. The van der Waals surface area contributed by atoms with Gasteiger partial charge in [0, 0.05) is 0 Å². The highest BCUT2D eigenvalue weighted by atomic mass is 35.5. The molecule has 18 heavy (non-hydrogen) atoms. The monoisotopic (exact) mass is 263 g/mol. The third kappa shape index (κ3) is 2.97. The fraction of sp³-hybridized carbons (Fsp3) is 0.533. The Bertz CT molecular complexity index is 452. The largest absolute Gasteiger partial charge is 0.489 e. The summed E-state index contributed by atoms with van der Waals surface area (Å²) in [7, 11) is 0. The number of rotatable bonds is 3. The van der Waals surface area contributed by atoms with E-state index in [9.17, 15) is 0 Å². The van der Waals surface area contributed by atoms with Crippen molar-refractivity contribution in [3.8, 4) is 11.8 Å². The smallest absolute Gasteiger partial charge is 0.138 e. The zero-order chi connectivity index (χ0) is 13.0. The lowest BCUT2D eigenvalue weighted by Crippen LogP contribution is -2.29. The maximum atomic E-state index is 8.81. The van der Waals surface area contributed by atoms with Gasteiger partial charge < -0.3 is 4.74 Å². The number of nitriles is 1. The molecule has 2 atom stereocenters. The molecule has 0 spiro atoms. The molecular weight excluding hydrogens is 246 g/mol. The standard InChI is InChI=1S/C15H18ClNO/c1-2-12-5-3-4-6-14(12)18-15-8-7-11(10-17)9-13(15)16/h7-9,12,14H,2-6H2,1H3. The topological polar surface area (TPSA) is 33.0 Å². The zero-order valence-corrected chi connectivity index (χ0v) is 11.4. The van der Waals surface area contributed by atoms with Gasteiger partial charge in [0.1, 0.15) is 11.9 Å². The van der Waals surface area contributed by atoms with Crippen LogP contribution in [0.1, 0.15) is 44.6 Å². The van der Waals surface area contributed by atoms with Crippen molar-refractivity contribution in [3.63, 3.8) is 0 Å². The third-order valence-corrected chi connectivity index (χ3v) is 4.00. The van der Waals surface area contributed by atoms with Gasteiger partial charge in [-0.15, -0.1) is 0 Å². The molecule has 0 aliphatic heterocycles. The van der Waals surface area contributed by atoms with Gasteiger partial charge in [-0.05, 0) is 49.8 Å². The molecule has 96 valence electrons. The molecule has 0 N–H and O–H groups in total. The van der Waals surface area contributed by atoms with E-state index in [1.807, 2.05) is 6.07 Å². The third-order valence-electron chi connectivity index (χ3n) is 3.70. The van der Waals surface area contributed by atoms with Crippen LogP contribution in [0, 0.1) is 17.2 Å². The highest BCUT2D eigenvalue weighted by molar-refractivity contribution is 6.32. The normalized spacial score (nSPS) is 23.4. The molecule has 0 heterocycles. The van der Waals surface area contributed by atoms with Crippen LogP contribution >= 0.6 is 11.6 Å². The highest BCUT2D eigenvalue weighted by Gasteiger charge is 2.25. The molecule has 1 aromatic carbocycles. The molecule has 0 aromatic heterocycles. The lowest BCUT2D eigenvalue weighted by Gasteiger charge is -2.31. The van der Waals surface area contributed by atoms with Crippen molar-refractivity contribution < 1.29 is 4.74 Å². The molecule has 2 nitrogen and oxygen atoms in total. The maximum Gasteiger partial charge on any atom is 0.138 e. The number of hydrogen-bond acceptors (Lipinski definition) is 2. The molecule has 1 aliphatic rings. The molecule has 0 saturated heterocycles. The van der Waals surface area contributed by atoms with Crippen molar-refractivity contribution in [3.05, 3.63) is 28.8 Å². The van der Waals surface area contributed by atoms with Crippen LogP contribution in [-0.4, -0.2) is 6.10 Å². The Morgan fingerprint density at radius 1 is 1.39 bits per heavy atom. The Morgan fingerprint density at radius 2 is 2.17 bits per heavy atom. The van der Waals surface area contributed by atoms with Crippen molar-refractivity contribution in [1.82, 2.24) is 0 Å².